The van der Waals surface area contributed by atoms with Crippen LogP contribution in [0.2, 0.25) is 0 Å². The summed E-state index contributed by atoms with van der Waals surface area (Å²) in [4.78, 5) is 41.0. The van der Waals surface area contributed by atoms with Crippen LogP contribution in [0.1, 0.15) is 82.8 Å². The Morgan fingerprint density at radius 2 is 1.95 bits per heavy atom. The topological polar surface area (TPSA) is 104 Å². The molecule has 1 unspecified atom stereocenters. The summed E-state index contributed by atoms with van der Waals surface area (Å²) in [6.45, 7) is 11.3. The first-order valence-electron chi connectivity index (χ1n) is 13.5. The van der Waals surface area contributed by atoms with Gasteiger partial charge in [0, 0.05) is 44.3 Å². The Hall–Kier alpha value is -2.91. The van der Waals surface area contributed by atoms with Crippen LogP contribution in [0, 0.1) is 5.41 Å². The minimum absolute atomic E-state index is 0.0180. The number of nitrogens with zero attached hydrogens (tertiary/aromatic N) is 4. The van der Waals surface area contributed by atoms with E-state index in [2.05, 4.69) is 9.97 Å². The third-order valence-electron chi connectivity index (χ3n) is 6.49. The summed E-state index contributed by atoms with van der Waals surface area (Å²) in [6, 6.07) is 3.54. The van der Waals surface area contributed by atoms with Gasteiger partial charge >= 0.3 is 0 Å². The van der Waals surface area contributed by atoms with Crippen LogP contribution in [0.4, 0.5) is 5.82 Å². The van der Waals surface area contributed by atoms with Crippen molar-refractivity contribution in [3.8, 4) is 17.3 Å². The van der Waals surface area contributed by atoms with Gasteiger partial charge in [0.05, 0.1) is 12.1 Å². The Balaban J connectivity index is 1.52. The Kier molecular flexibility index (Phi) is 8.47. The highest BCUT2D eigenvalue weighted by molar-refractivity contribution is 6.00. The standard InChI is InChI=1S/C29H40N4O5/c1-28(2,3)16-19(34)17-33(6)27-21-10-11-23(35)25(21)31-26(32-27)22-15-20(12-13-30-22)37-18-29(4,5)38-24-9-7-8-14-36-24/h12-13,15,24H,7-11,14,16-18H2,1-6H3. The highest BCUT2D eigenvalue weighted by Crippen LogP contribution is 2.32. The Labute approximate surface area is 225 Å². The van der Waals surface area contributed by atoms with Crippen molar-refractivity contribution in [3.63, 3.8) is 0 Å². The van der Waals surface area contributed by atoms with Crippen molar-refractivity contribution < 1.29 is 23.8 Å². The maximum Gasteiger partial charge on any atom is 0.182 e. The van der Waals surface area contributed by atoms with Crippen LogP contribution < -0.4 is 9.64 Å². The van der Waals surface area contributed by atoms with Crippen molar-refractivity contribution in [2.45, 2.75) is 85.0 Å². The first kappa shape index (κ1) is 28.1. The van der Waals surface area contributed by atoms with Gasteiger partial charge in [0.1, 0.15) is 29.6 Å². The molecule has 206 valence electrons. The number of hydrogen-bond acceptors (Lipinski definition) is 9. The van der Waals surface area contributed by atoms with Crippen LogP contribution in [0.5, 0.6) is 5.75 Å². The van der Waals surface area contributed by atoms with Gasteiger partial charge < -0.3 is 19.1 Å². The van der Waals surface area contributed by atoms with E-state index in [4.69, 9.17) is 19.2 Å². The predicted molar refractivity (Wildman–Crippen MR) is 145 cm³/mol. The van der Waals surface area contributed by atoms with E-state index in [1.54, 1.807) is 18.3 Å². The highest BCUT2D eigenvalue weighted by atomic mass is 16.7. The molecule has 38 heavy (non-hydrogen) atoms. The molecule has 9 nitrogen and oxygen atoms in total. The van der Waals surface area contributed by atoms with Gasteiger partial charge in [-0.25, -0.2) is 9.97 Å². The number of carbonyl (C=O) groups is 2. The average molecular weight is 525 g/mol. The number of fused-ring (bicyclic) bond motifs is 1. The summed E-state index contributed by atoms with van der Waals surface area (Å²) in [6.07, 6.45) is 5.90. The van der Waals surface area contributed by atoms with Crippen molar-refractivity contribution in [1.82, 2.24) is 15.0 Å². The second-order valence-corrected chi connectivity index (χ2v) is 12.1. The molecule has 2 aromatic rings. The van der Waals surface area contributed by atoms with Gasteiger partial charge in [0.2, 0.25) is 0 Å². The Morgan fingerprint density at radius 1 is 1.16 bits per heavy atom. The van der Waals surface area contributed by atoms with Gasteiger partial charge in [-0.3, -0.25) is 14.6 Å². The van der Waals surface area contributed by atoms with Crippen LogP contribution in [-0.2, 0) is 20.7 Å². The molecule has 4 rings (SSSR count). The fourth-order valence-corrected chi connectivity index (χ4v) is 4.78. The van der Waals surface area contributed by atoms with Gasteiger partial charge in [0.25, 0.3) is 0 Å². The van der Waals surface area contributed by atoms with Gasteiger partial charge in [-0.2, -0.15) is 0 Å². The van der Waals surface area contributed by atoms with E-state index in [-0.39, 0.29) is 29.8 Å². The molecule has 9 heteroatoms. The van der Waals surface area contributed by atoms with Crippen LogP contribution >= 0.6 is 0 Å². The monoisotopic (exact) mass is 524 g/mol. The summed E-state index contributed by atoms with van der Waals surface area (Å²) in [5.41, 5.74) is 1.06. The second kappa shape index (κ2) is 11.5. The second-order valence-electron chi connectivity index (χ2n) is 12.1. The van der Waals surface area contributed by atoms with Crippen molar-refractivity contribution in [1.29, 1.82) is 0 Å². The number of likely N-dealkylation sites (N-methyl/N-ethyl adjacent to an activating group) is 1. The number of ketones is 2. The van der Waals surface area contributed by atoms with E-state index in [0.717, 1.165) is 31.4 Å². The van der Waals surface area contributed by atoms with Gasteiger partial charge in [-0.05, 0) is 51.0 Å². The molecule has 0 spiro atoms. The molecule has 1 aliphatic carbocycles. The van der Waals surface area contributed by atoms with E-state index < -0.39 is 5.60 Å². The molecule has 1 saturated heterocycles. The number of anilines is 1. The lowest BCUT2D eigenvalue weighted by molar-refractivity contribution is -0.221. The van der Waals surface area contributed by atoms with Crippen molar-refractivity contribution in [3.05, 3.63) is 29.6 Å². The molecule has 2 aromatic heterocycles. The zero-order valence-corrected chi connectivity index (χ0v) is 23.5. The fraction of sp³-hybridized carbons (Fsp3) is 0.621. The Morgan fingerprint density at radius 3 is 2.66 bits per heavy atom. The maximum atomic E-state index is 12.7. The SMILES string of the molecule is CN(CC(=O)CC(C)(C)C)c1nc(-c2cc(OCC(C)(C)OC3CCCCO3)ccn2)nc2c1CCC2=O. The first-order chi connectivity index (χ1) is 17.9. The molecular formula is C29H40N4O5. The van der Waals surface area contributed by atoms with Gasteiger partial charge in [0.15, 0.2) is 23.7 Å². The van der Waals surface area contributed by atoms with Gasteiger partial charge in [-0.1, -0.05) is 20.8 Å². The summed E-state index contributed by atoms with van der Waals surface area (Å²) in [5.74, 6) is 1.64. The zero-order valence-electron chi connectivity index (χ0n) is 23.5. The van der Waals surface area contributed by atoms with Crippen molar-refractivity contribution in [2.24, 2.45) is 5.41 Å². The number of ether oxygens (including phenoxy) is 3. The van der Waals surface area contributed by atoms with Crippen LogP contribution in [0.25, 0.3) is 11.5 Å². The molecular weight excluding hydrogens is 484 g/mol. The lowest BCUT2D eigenvalue weighted by atomic mass is 9.90. The quantitative estimate of drug-likeness (QED) is 0.433. The summed E-state index contributed by atoms with van der Waals surface area (Å²) in [7, 11) is 1.83. The molecule has 0 amide bonds. The molecule has 0 bridgehead atoms. The zero-order chi connectivity index (χ0) is 27.5. The molecule has 3 heterocycles. The number of rotatable bonds is 10. The smallest absolute Gasteiger partial charge is 0.182 e. The van der Waals surface area contributed by atoms with Crippen LogP contribution in [0.15, 0.2) is 18.3 Å². The van der Waals surface area contributed by atoms with Gasteiger partial charge in [-0.15, -0.1) is 0 Å². The molecule has 0 radical (unpaired) electrons. The molecule has 2 aliphatic rings. The van der Waals surface area contributed by atoms with E-state index >= 15 is 0 Å². The molecule has 1 atom stereocenters. The molecule has 0 N–H and O–H groups in total. The largest absolute Gasteiger partial charge is 0.490 e. The highest BCUT2D eigenvalue weighted by Gasteiger charge is 2.30. The number of carbonyl (C=O) groups excluding carboxylic acids is 2. The molecule has 0 aromatic carbocycles. The van der Waals surface area contributed by atoms with Crippen LogP contribution in [0.3, 0.4) is 0 Å². The lowest BCUT2D eigenvalue weighted by Gasteiger charge is -2.32. The van der Waals surface area contributed by atoms with E-state index in [1.807, 2.05) is 46.6 Å². The summed E-state index contributed by atoms with van der Waals surface area (Å²) < 4.78 is 17.9. The minimum atomic E-state index is -0.544. The Bertz CT molecular complexity index is 1170. The van der Waals surface area contributed by atoms with Crippen molar-refractivity contribution in [2.75, 3.05) is 31.7 Å². The number of aromatic nitrogens is 3. The summed E-state index contributed by atoms with van der Waals surface area (Å²) >= 11 is 0. The average Bonchev–Trinajstić information content (AvgIpc) is 3.22. The van der Waals surface area contributed by atoms with Crippen molar-refractivity contribution >= 4 is 17.4 Å². The molecule has 1 fully saturated rings. The molecule has 1 aliphatic heterocycles. The normalized spacial score (nSPS) is 17.8. The molecule has 0 saturated carbocycles. The predicted octanol–water partition coefficient (Wildman–Crippen LogP) is 4.81. The minimum Gasteiger partial charge on any atom is -0.490 e. The number of pyridine rings is 1. The maximum absolute atomic E-state index is 12.7. The number of hydrogen-bond donors (Lipinski definition) is 0. The third kappa shape index (κ3) is 7.35. The van der Waals surface area contributed by atoms with E-state index in [9.17, 15) is 9.59 Å². The third-order valence-corrected chi connectivity index (χ3v) is 6.49. The first-order valence-corrected chi connectivity index (χ1v) is 13.5. The summed E-state index contributed by atoms with van der Waals surface area (Å²) in [5, 5.41) is 0. The van der Waals surface area contributed by atoms with Crippen LogP contribution in [-0.4, -0.2) is 65.2 Å². The lowest BCUT2D eigenvalue weighted by Crippen LogP contribution is -2.38. The van der Waals surface area contributed by atoms with E-state index in [0.29, 0.717) is 54.6 Å². The fourth-order valence-electron chi connectivity index (χ4n) is 4.78. The number of Topliss-reactive ketones (excluding diaryl/α,β-unsaturated/α-hetero) is 2. The van der Waals surface area contributed by atoms with E-state index in [1.165, 1.54) is 0 Å².